The van der Waals surface area contributed by atoms with Gasteiger partial charge in [0.2, 0.25) is 0 Å². The average molecular weight is 388 g/mol. The fourth-order valence-corrected chi connectivity index (χ4v) is 1.58. The molecule has 1 N–H and O–H groups in total. The number of ether oxygens (including phenoxy) is 5. The maximum absolute atomic E-state index is 8.62. The van der Waals surface area contributed by atoms with Crippen LogP contribution in [-0.4, -0.2) is 85.1 Å². The Morgan fingerprint density at radius 2 is 1.48 bits per heavy atom. The van der Waals surface area contributed by atoms with E-state index in [-0.39, 0.29) is 19.3 Å². The summed E-state index contributed by atoms with van der Waals surface area (Å²) in [5, 5.41) is 8.62. The van der Waals surface area contributed by atoms with E-state index >= 15 is 0 Å². The summed E-state index contributed by atoms with van der Waals surface area (Å²) >= 11 is 0. The summed E-state index contributed by atoms with van der Waals surface area (Å²) in [6.45, 7) is 3.64. The predicted molar refractivity (Wildman–Crippen MR) is 97.6 cm³/mol. The molecule has 0 bridgehead atoms. The normalized spacial score (nSPS) is 14.9. The van der Waals surface area contributed by atoms with Crippen LogP contribution < -0.4 is 0 Å². The van der Waals surface area contributed by atoms with Gasteiger partial charge in [0, 0.05) is 7.11 Å². The first-order valence-electron chi connectivity index (χ1n) is 8.73. The minimum atomic E-state index is -0.974. The first kappa shape index (κ1) is 23.5. The number of aliphatic hydroxyl groups is 1. The smallest absolute Gasteiger partial charge is 0.497 e. The Kier molecular flexibility index (Phi) is 15.5. The van der Waals surface area contributed by atoms with Crippen LogP contribution in [0.3, 0.4) is 0 Å². The van der Waals surface area contributed by atoms with Crippen LogP contribution in [0.25, 0.3) is 0 Å². The van der Waals surface area contributed by atoms with Gasteiger partial charge in [0.25, 0.3) is 0 Å². The molecule has 1 aliphatic rings. The van der Waals surface area contributed by atoms with E-state index in [1.54, 1.807) is 25.3 Å². The zero-order valence-electron chi connectivity index (χ0n) is 15.7. The molecule has 9 nitrogen and oxygen atoms in total. The van der Waals surface area contributed by atoms with Gasteiger partial charge in [0.1, 0.15) is 6.10 Å². The van der Waals surface area contributed by atoms with Crippen LogP contribution in [0.1, 0.15) is 0 Å². The zero-order chi connectivity index (χ0) is 19.4. The quantitative estimate of drug-likeness (QED) is 0.206. The standard InChI is InChI=1S/C17H29BO9/c1-20-13-14-22-7-3-10-26-18(25-9-2-6-21-12-5-19)27-11-4-8-24-17-15-23-16-17/h2-4,9-11,17,19H,5-8,12-16H2,1H3/b9-2+,10-3+,11-4+. The minimum Gasteiger partial charge on any atom is -0.497 e. The van der Waals surface area contributed by atoms with E-state index in [0.717, 1.165) is 0 Å². The second-order valence-electron chi connectivity index (χ2n) is 5.17. The van der Waals surface area contributed by atoms with Crippen molar-refractivity contribution >= 4 is 7.32 Å². The highest BCUT2D eigenvalue weighted by molar-refractivity contribution is 6.37. The Morgan fingerprint density at radius 3 is 2.00 bits per heavy atom. The third kappa shape index (κ3) is 14.2. The van der Waals surface area contributed by atoms with Crippen LogP contribution in [0.4, 0.5) is 0 Å². The van der Waals surface area contributed by atoms with E-state index in [4.69, 9.17) is 42.8 Å². The van der Waals surface area contributed by atoms with Gasteiger partial charge in [-0.1, -0.05) is 0 Å². The van der Waals surface area contributed by atoms with Gasteiger partial charge in [0.05, 0.1) is 78.2 Å². The summed E-state index contributed by atoms with van der Waals surface area (Å²) in [5.41, 5.74) is 0. The van der Waals surface area contributed by atoms with Gasteiger partial charge in [-0.15, -0.1) is 0 Å². The van der Waals surface area contributed by atoms with E-state index in [1.807, 2.05) is 0 Å². The van der Waals surface area contributed by atoms with E-state index in [1.165, 1.54) is 18.8 Å². The minimum absolute atomic E-state index is 0.0271. The van der Waals surface area contributed by atoms with Crippen LogP contribution in [0, 0.1) is 0 Å². The first-order chi connectivity index (χ1) is 13.4. The fourth-order valence-electron chi connectivity index (χ4n) is 1.58. The Morgan fingerprint density at radius 1 is 0.889 bits per heavy atom. The molecule has 0 radical (unpaired) electrons. The van der Waals surface area contributed by atoms with Gasteiger partial charge in [-0.05, 0) is 18.2 Å². The van der Waals surface area contributed by atoms with Gasteiger partial charge in [-0.2, -0.15) is 0 Å². The van der Waals surface area contributed by atoms with E-state index in [0.29, 0.717) is 46.2 Å². The van der Waals surface area contributed by atoms with Gasteiger partial charge in [0.15, 0.2) is 0 Å². The molecule has 0 aromatic carbocycles. The van der Waals surface area contributed by atoms with Crippen molar-refractivity contribution < 1.29 is 42.8 Å². The SMILES string of the molecule is COCCOC/C=C/OB(O/C=C/COCCO)O/C=C/COC1COC1. The van der Waals surface area contributed by atoms with Crippen molar-refractivity contribution in [1.82, 2.24) is 0 Å². The lowest BCUT2D eigenvalue weighted by Gasteiger charge is -2.25. The molecule has 0 aromatic rings. The molecule has 10 heteroatoms. The number of aliphatic hydroxyl groups excluding tert-OH is 1. The average Bonchev–Trinajstić information content (AvgIpc) is 2.64. The Bertz CT molecular complexity index is 413. The molecular formula is C17H29BO9. The van der Waals surface area contributed by atoms with Crippen LogP contribution in [0.5, 0.6) is 0 Å². The molecule has 1 heterocycles. The molecule has 0 spiro atoms. The van der Waals surface area contributed by atoms with Crippen LogP contribution >= 0.6 is 0 Å². The lowest BCUT2D eigenvalue weighted by atomic mass is 10.2. The maximum Gasteiger partial charge on any atom is 0.862 e. The summed E-state index contributed by atoms with van der Waals surface area (Å²) in [5.74, 6) is 0. The molecule has 0 unspecified atom stereocenters. The second-order valence-corrected chi connectivity index (χ2v) is 5.17. The monoisotopic (exact) mass is 388 g/mol. The van der Waals surface area contributed by atoms with E-state index in [9.17, 15) is 0 Å². The number of hydrogen-bond acceptors (Lipinski definition) is 9. The van der Waals surface area contributed by atoms with Gasteiger partial charge >= 0.3 is 7.32 Å². The Hall–Kier alpha value is -1.56. The van der Waals surface area contributed by atoms with Crippen LogP contribution in [0.15, 0.2) is 37.0 Å². The molecule has 154 valence electrons. The molecule has 1 rings (SSSR count). The van der Waals surface area contributed by atoms with Crippen LogP contribution in [-0.2, 0) is 37.6 Å². The lowest BCUT2D eigenvalue weighted by molar-refractivity contribution is -0.122. The molecule has 0 atom stereocenters. The van der Waals surface area contributed by atoms with Gasteiger partial charge in [-0.25, -0.2) is 0 Å². The molecule has 0 saturated carbocycles. The van der Waals surface area contributed by atoms with Crippen molar-refractivity contribution in [2.45, 2.75) is 6.10 Å². The molecule has 0 amide bonds. The molecule has 0 aliphatic carbocycles. The van der Waals surface area contributed by atoms with E-state index in [2.05, 4.69) is 0 Å². The zero-order valence-corrected chi connectivity index (χ0v) is 15.7. The van der Waals surface area contributed by atoms with Crippen molar-refractivity contribution in [3.05, 3.63) is 37.0 Å². The molecule has 27 heavy (non-hydrogen) atoms. The van der Waals surface area contributed by atoms with Crippen molar-refractivity contribution in [3.8, 4) is 0 Å². The summed E-state index contributed by atoms with van der Waals surface area (Å²) in [6.07, 6.45) is 9.47. The van der Waals surface area contributed by atoms with Crippen molar-refractivity contribution in [3.63, 3.8) is 0 Å². The van der Waals surface area contributed by atoms with Gasteiger partial charge < -0.3 is 42.8 Å². The largest absolute Gasteiger partial charge is 0.862 e. The van der Waals surface area contributed by atoms with Crippen LogP contribution in [0.2, 0.25) is 0 Å². The van der Waals surface area contributed by atoms with Crippen molar-refractivity contribution in [2.24, 2.45) is 0 Å². The molecule has 0 aromatic heterocycles. The topological polar surface area (TPSA) is 94.1 Å². The molecule has 1 aliphatic heterocycles. The number of hydrogen-bond donors (Lipinski definition) is 1. The first-order valence-corrected chi connectivity index (χ1v) is 8.73. The molecular weight excluding hydrogens is 359 g/mol. The summed E-state index contributed by atoms with van der Waals surface area (Å²) < 4.78 is 41.8. The third-order valence-electron chi connectivity index (χ3n) is 2.99. The van der Waals surface area contributed by atoms with E-state index < -0.39 is 7.32 Å². The number of methoxy groups -OCH3 is 1. The fraction of sp³-hybridized carbons (Fsp3) is 0.647. The van der Waals surface area contributed by atoms with Gasteiger partial charge in [-0.3, -0.25) is 0 Å². The highest BCUT2D eigenvalue weighted by Gasteiger charge is 2.24. The molecule has 1 saturated heterocycles. The second kappa shape index (κ2) is 17.8. The lowest BCUT2D eigenvalue weighted by Crippen LogP contribution is -2.36. The van der Waals surface area contributed by atoms with Crippen molar-refractivity contribution in [2.75, 3.05) is 66.6 Å². The maximum atomic E-state index is 8.62. The summed E-state index contributed by atoms with van der Waals surface area (Å²) in [6, 6.07) is 0. The summed E-state index contributed by atoms with van der Waals surface area (Å²) in [7, 11) is 0.639. The number of rotatable bonds is 18. The highest BCUT2D eigenvalue weighted by atomic mass is 16.7. The molecule has 1 fully saturated rings. The highest BCUT2D eigenvalue weighted by Crippen LogP contribution is 2.05. The Balaban J connectivity index is 2.23. The third-order valence-corrected chi connectivity index (χ3v) is 2.99. The van der Waals surface area contributed by atoms with Crippen molar-refractivity contribution in [1.29, 1.82) is 0 Å². The summed E-state index contributed by atoms with van der Waals surface area (Å²) in [4.78, 5) is 0. The Labute approximate surface area is 160 Å². The predicted octanol–water partition coefficient (Wildman–Crippen LogP) is 0.650.